The standard InChI is InChI=1S/C12H12N4O/c1-9-7-11(8-13-17)16-12(14-9)15-10-5-3-2-4-6-10/h2-8,17H,1H3,(H,14,15,16). The van der Waals surface area contributed by atoms with Crippen LogP contribution in [0.5, 0.6) is 0 Å². The van der Waals surface area contributed by atoms with E-state index in [0.717, 1.165) is 11.4 Å². The molecule has 1 aromatic carbocycles. The molecule has 5 heteroatoms. The quantitative estimate of drug-likeness (QED) is 0.480. The van der Waals surface area contributed by atoms with Crippen molar-refractivity contribution in [1.82, 2.24) is 9.97 Å². The van der Waals surface area contributed by atoms with Crippen LogP contribution in [0.3, 0.4) is 0 Å². The van der Waals surface area contributed by atoms with Crippen molar-refractivity contribution >= 4 is 17.9 Å². The molecule has 0 aliphatic heterocycles. The molecular weight excluding hydrogens is 216 g/mol. The highest BCUT2D eigenvalue weighted by molar-refractivity contribution is 5.77. The molecule has 2 N–H and O–H groups in total. The minimum absolute atomic E-state index is 0.478. The van der Waals surface area contributed by atoms with Gasteiger partial charge >= 0.3 is 0 Å². The van der Waals surface area contributed by atoms with Crippen LogP contribution in [0.25, 0.3) is 0 Å². The molecule has 1 heterocycles. The number of para-hydroxylation sites is 1. The molecule has 0 spiro atoms. The number of nitrogens with one attached hydrogen (secondary N) is 1. The number of oxime groups is 1. The zero-order valence-electron chi connectivity index (χ0n) is 9.33. The number of nitrogens with zero attached hydrogens (tertiary/aromatic N) is 3. The van der Waals surface area contributed by atoms with Crippen molar-refractivity contribution in [3.8, 4) is 0 Å². The average Bonchev–Trinajstić information content (AvgIpc) is 2.30. The number of rotatable bonds is 3. The number of benzene rings is 1. The maximum atomic E-state index is 8.48. The highest BCUT2D eigenvalue weighted by atomic mass is 16.4. The van der Waals surface area contributed by atoms with E-state index in [1.165, 1.54) is 6.21 Å². The van der Waals surface area contributed by atoms with Crippen molar-refractivity contribution in [2.75, 3.05) is 5.32 Å². The van der Waals surface area contributed by atoms with E-state index >= 15 is 0 Å². The Hall–Kier alpha value is -2.43. The number of hydrogen-bond donors (Lipinski definition) is 2. The number of aryl methyl sites for hydroxylation is 1. The van der Waals surface area contributed by atoms with Gasteiger partial charge in [-0.1, -0.05) is 23.4 Å². The lowest BCUT2D eigenvalue weighted by atomic mass is 10.3. The Morgan fingerprint density at radius 1 is 1.24 bits per heavy atom. The van der Waals surface area contributed by atoms with E-state index < -0.39 is 0 Å². The maximum absolute atomic E-state index is 8.48. The Morgan fingerprint density at radius 2 is 2.00 bits per heavy atom. The molecule has 0 saturated heterocycles. The molecule has 0 aliphatic rings. The zero-order chi connectivity index (χ0) is 12.1. The molecule has 0 radical (unpaired) electrons. The second-order valence-corrected chi connectivity index (χ2v) is 3.49. The first-order valence-electron chi connectivity index (χ1n) is 5.13. The summed E-state index contributed by atoms with van der Waals surface area (Å²) in [5, 5.41) is 14.5. The van der Waals surface area contributed by atoms with E-state index in [-0.39, 0.29) is 0 Å². The molecule has 0 atom stereocenters. The Bertz CT molecular complexity index is 525. The van der Waals surface area contributed by atoms with Gasteiger partial charge in [0.2, 0.25) is 5.95 Å². The molecule has 0 fully saturated rings. The molecule has 0 aliphatic carbocycles. The largest absolute Gasteiger partial charge is 0.411 e. The second-order valence-electron chi connectivity index (χ2n) is 3.49. The topological polar surface area (TPSA) is 70.4 Å². The van der Waals surface area contributed by atoms with Crippen LogP contribution in [0.1, 0.15) is 11.4 Å². The highest BCUT2D eigenvalue weighted by Gasteiger charge is 2.01. The fraction of sp³-hybridized carbons (Fsp3) is 0.0833. The van der Waals surface area contributed by atoms with E-state index in [1.54, 1.807) is 6.07 Å². The van der Waals surface area contributed by atoms with Crippen LogP contribution >= 0.6 is 0 Å². The van der Waals surface area contributed by atoms with E-state index in [9.17, 15) is 0 Å². The first kappa shape index (κ1) is 11.1. The number of aromatic nitrogens is 2. The van der Waals surface area contributed by atoms with E-state index in [1.807, 2.05) is 37.3 Å². The van der Waals surface area contributed by atoms with Gasteiger partial charge in [-0.15, -0.1) is 0 Å². The summed E-state index contributed by atoms with van der Waals surface area (Å²) in [6.45, 7) is 1.85. The Balaban J connectivity index is 2.27. The summed E-state index contributed by atoms with van der Waals surface area (Å²) in [5.41, 5.74) is 2.26. The van der Waals surface area contributed by atoms with Crippen molar-refractivity contribution in [3.63, 3.8) is 0 Å². The SMILES string of the molecule is Cc1cc(C=NO)nc(Nc2ccccc2)n1. The third kappa shape index (κ3) is 3.01. The van der Waals surface area contributed by atoms with Crippen LogP contribution < -0.4 is 5.32 Å². The minimum Gasteiger partial charge on any atom is -0.411 e. The van der Waals surface area contributed by atoms with Crippen molar-refractivity contribution in [2.24, 2.45) is 5.16 Å². The predicted octanol–water partition coefficient (Wildman–Crippen LogP) is 2.34. The van der Waals surface area contributed by atoms with E-state index in [4.69, 9.17) is 5.21 Å². The molecule has 5 nitrogen and oxygen atoms in total. The van der Waals surface area contributed by atoms with Gasteiger partial charge in [0.1, 0.15) is 0 Å². The van der Waals surface area contributed by atoms with E-state index in [2.05, 4.69) is 20.4 Å². The lowest BCUT2D eigenvalue weighted by molar-refractivity contribution is 0.321. The fourth-order valence-electron chi connectivity index (χ4n) is 1.42. The van der Waals surface area contributed by atoms with Gasteiger partial charge in [-0.25, -0.2) is 9.97 Å². The monoisotopic (exact) mass is 228 g/mol. The van der Waals surface area contributed by atoms with Crippen molar-refractivity contribution in [1.29, 1.82) is 0 Å². The zero-order valence-corrected chi connectivity index (χ0v) is 9.33. The van der Waals surface area contributed by atoms with Crippen LogP contribution in [0, 0.1) is 6.92 Å². The molecule has 86 valence electrons. The molecule has 0 amide bonds. The fourth-order valence-corrected chi connectivity index (χ4v) is 1.42. The number of hydrogen-bond acceptors (Lipinski definition) is 5. The van der Waals surface area contributed by atoms with Crippen LogP contribution in [-0.2, 0) is 0 Å². The molecule has 0 saturated carbocycles. The Kier molecular flexibility index (Phi) is 3.30. The molecule has 0 bridgehead atoms. The molecule has 2 rings (SSSR count). The minimum atomic E-state index is 0.478. The van der Waals surface area contributed by atoms with Crippen molar-refractivity contribution in [3.05, 3.63) is 47.8 Å². The maximum Gasteiger partial charge on any atom is 0.228 e. The molecule has 17 heavy (non-hydrogen) atoms. The van der Waals surface area contributed by atoms with Crippen molar-refractivity contribution < 1.29 is 5.21 Å². The smallest absolute Gasteiger partial charge is 0.228 e. The molecule has 0 unspecified atom stereocenters. The summed E-state index contributed by atoms with van der Waals surface area (Å²) < 4.78 is 0. The third-order valence-corrected chi connectivity index (χ3v) is 2.09. The summed E-state index contributed by atoms with van der Waals surface area (Å²) in [5.74, 6) is 0.478. The van der Waals surface area contributed by atoms with Gasteiger partial charge in [0.25, 0.3) is 0 Å². The summed E-state index contributed by atoms with van der Waals surface area (Å²) in [6.07, 6.45) is 1.27. The lowest BCUT2D eigenvalue weighted by Gasteiger charge is -2.05. The summed E-state index contributed by atoms with van der Waals surface area (Å²) in [7, 11) is 0. The third-order valence-electron chi connectivity index (χ3n) is 2.09. The van der Waals surface area contributed by atoms with Crippen LogP contribution in [-0.4, -0.2) is 21.4 Å². The van der Waals surface area contributed by atoms with Gasteiger partial charge < -0.3 is 10.5 Å². The van der Waals surface area contributed by atoms with E-state index in [0.29, 0.717) is 11.6 Å². The Labute approximate surface area is 98.9 Å². The second kappa shape index (κ2) is 5.07. The molecule has 2 aromatic rings. The highest BCUT2D eigenvalue weighted by Crippen LogP contribution is 2.12. The lowest BCUT2D eigenvalue weighted by Crippen LogP contribution is -2.01. The molecule has 1 aromatic heterocycles. The van der Waals surface area contributed by atoms with Crippen LogP contribution in [0.4, 0.5) is 11.6 Å². The summed E-state index contributed by atoms with van der Waals surface area (Å²) >= 11 is 0. The van der Waals surface area contributed by atoms with Crippen molar-refractivity contribution in [2.45, 2.75) is 6.92 Å². The van der Waals surface area contributed by atoms with Gasteiger partial charge in [0, 0.05) is 11.4 Å². The van der Waals surface area contributed by atoms with Gasteiger partial charge in [-0.2, -0.15) is 0 Å². The van der Waals surface area contributed by atoms with Gasteiger partial charge in [0.15, 0.2) is 0 Å². The summed E-state index contributed by atoms with van der Waals surface area (Å²) in [6, 6.07) is 11.4. The average molecular weight is 228 g/mol. The first-order chi connectivity index (χ1) is 8.28. The first-order valence-corrected chi connectivity index (χ1v) is 5.13. The Morgan fingerprint density at radius 3 is 2.71 bits per heavy atom. The van der Waals surface area contributed by atoms with Gasteiger partial charge in [-0.3, -0.25) is 0 Å². The number of anilines is 2. The predicted molar refractivity (Wildman–Crippen MR) is 65.9 cm³/mol. The van der Waals surface area contributed by atoms with Crippen LogP contribution in [0.15, 0.2) is 41.6 Å². The normalized spacial score (nSPS) is 10.6. The molecular formula is C12H12N4O. The summed E-state index contributed by atoms with van der Waals surface area (Å²) in [4.78, 5) is 8.43. The van der Waals surface area contributed by atoms with Crippen LogP contribution in [0.2, 0.25) is 0 Å². The van der Waals surface area contributed by atoms with Gasteiger partial charge in [0.05, 0.1) is 11.9 Å². The van der Waals surface area contributed by atoms with Gasteiger partial charge in [-0.05, 0) is 25.1 Å².